The fraction of sp³-hybridized carbons (Fsp3) is 0.190. The van der Waals surface area contributed by atoms with Crippen LogP contribution in [0.5, 0.6) is 11.5 Å². The smallest absolute Gasteiger partial charge is 0.331 e. The van der Waals surface area contributed by atoms with Crippen LogP contribution in [-0.4, -0.2) is 32.2 Å². The molecule has 2 aromatic rings. The summed E-state index contributed by atoms with van der Waals surface area (Å²) in [6.45, 7) is 1.33. The van der Waals surface area contributed by atoms with Gasteiger partial charge in [0.05, 0.1) is 17.8 Å². The van der Waals surface area contributed by atoms with Gasteiger partial charge in [-0.25, -0.2) is 4.79 Å². The van der Waals surface area contributed by atoms with Crippen LogP contribution in [0.25, 0.3) is 6.08 Å². The van der Waals surface area contributed by atoms with E-state index in [-0.39, 0.29) is 6.61 Å². The molecule has 0 bridgehead atoms. The van der Waals surface area contributed by atoms with Gasteiger partial charge in [0.15, 0.2) is 24.7 Å². The molecule has 0 spiro atoms. The first-order valence-electron chi connectivity index (χ1n) is 8.51. The Bertz CT molecular complexity index is 966. The average molecular weight is 415 g/mol. The van der Waals surface area contributed by atoms with Crippen LogP contribution in [0.1, 0.15) is 11.1 Å². The van der Waals surface area contributed by atoms with E-state index in [9.17, 15) is 9.59 Å². The predicted octanol–water partition coefficient (Wildman–Crippen LogP) is 3.75. The van der Waals surface area contributed by atoms with Crippen molar-refractivity contribution in [3.8, 4) is 17.6 Å². The number of nitriles is 1. The fourth-order valence-corrected chi connectivity index (χ4v) is 2.56. The molecular weight excluding hydrogens is 396 g/mol. The summed E-state index contributed by atoms with van der Waals surface area (Å²) in [6, 6.07) is 12.0. The number of esters is 1. The molecular formula is C21H19ClN2O5. The average Bonchev–Trinajstić information content (AvgIpc) is 2.71. The number of anilines is 1. The van der Waals surface area contributed by atoms with E-state index in [2.05, 4.69) is 5.32 Å². The van der Waals surface area contributed by atoms with E-state index in [1.807, 2.05) is 13.0 Å². The number of nitrogens with one attached hydrogen (secondary N) is 1. The highest BCUT2D eigenvalue weighted by Gasteiger charge is 2.09. The molecule has 0 atom stereocenters. The Labute approximate surface area is 173 Å². The van der Waals surface area contributed by atoms with Gasteiger partial charge < -0.3 is 19.5 Å². The maximum atomic E-state index is 11.9. The van der Waals surface area contributed by atoms with E-state index >= 15 is 0 Å². The second-order valence-electron chi connectivity index (χ2n) is 5.83. The zero-order chi connectivity index (χ0) is 21.2. The van der Waals surface area contributed by atoms with Crippen molar-refractivity contribution < 1.29 is 23.8 Å². The highest BCUT2D eigenvalue weighted by atomic mass is 35.5. The molecule has 29 heavy (non-hydrogen) atoms. The lowest BCUT2D eigenvalue weighted by Gasteiger charge is -2.09. The molecule has 0 heterocycles. The van der Waals surface area contributed by atoms with Crippen LogP contribution in [0, 0.1) is 18.3 Å². The Morgan fingerprint density at radius 2 is 2.00 bits per heavy atom. The molecule has 0 unspecified atom stereocenters. The van der Waals surface area contributed by atoms with Crippen molar-refractivity contribution >= 4 is 35.2 Å². The molecule has 0 saturated heterocycles. The molecule has 0 aliphatic heterocycles. The quantitative estimate of drug-likeness (QED) is 0.521. The molecule has 7 nitrogen and oxygen atoms in total. The lowest BCUT2D eigenvalue weighted by atomic mass is 10.2. The van der Waals surface area contributed by atoms with Gasteiger partial charge in [0.2, 0.25) is 0 Å². The summed E-state index contributed by atoms with van der Waals surface area (Å²) in [4.78, 5) is 23.8. The van der Waals surface area contributed by atoms with E-state index in [0.717, 1.165) is 5.56 Å². The molecule has 2 rings (SSSR count). The fourth-order valence-electron chi connectivity index (χ4n) is 2.27. The normalized spacial score (nSPS) is 10.3. The molecule has 2 aromatic carbocycles. The van der Waals surface area contributed by atoms with Gasteiger partial charge in [0, 0.05) is 6.08 Å². The van der Waals surface area contributed by atoms with Gasteiger partial charge in [-0.05, 0) is 48.4 Å². The summed E-state index contributed by atoms with van der Waals surface area (Å²) >= 11 is 6.05. The van der Waals surface area contributed by atoms with Crippen molar-refractivity contribution in [2.24, 2.45) is 0 Å². The summed E-state index contributed by atoms with van der Waals surface area (Å²) < 4.78 is 15.3. The number of hydrogen-bond acceptors (Lipinski definition) is 6. The van der Waals surface area contributed by atoms with Crippen molar-refractivity contribution in [2.45, 2.75) is 6.92 Å². The van der Waals surface area contributed by atoms with Gasteiger partial charge in [0.1, 0.15) is 6.07 Å². The van der Waals surface area contributed by atoms with Gasteiger partial charge in [0.25, 0.3) is 5.91 Å². The highest BCUT2D eigenvalue weighted by molar-refractivity contribution is 6.33. The Balaban J connectivity index is 1.89. The maximum absolute atomic E-state index is 11.9. The van der Waals surface area contributed by atoms with Crippen LogP contribution < -0.4 is 14.8 Å². The predicted molar refractivity (Wildman–Crippen MR) is 109 cm³/mol. The third-order valence-electron chi connectivity index (χ3n) is 3.64. The number of methoxy groups -OCH3 is 1. The van der Waals surface area contributed by atoms with E-state index in [1.54, 1.807) is 36.4 Å². The SMILES string of the molecule is COc1cc(/C=C/C(=O)OCC(=O)Nc2ccc(C)cc2Cl)ccc1OCC#N. The van der Waals surface area contributed by atoms with Crippen molar-refractivity contribution in [1.29, 1.82) is 5.26 Å². The standard InChI is InChI=1S/C21H19ClN2O5/c1-14-3-6-17(16(22)11-14)24-20(25)13-29-21(26)8-5-15-4-7-18(28-10-9-23)19(12-15)27-2/h3-8,11-12H,10,13H2,1-2H3,(H,24,25)/b8-5+. The molecule has 0 aromatic heterocycles. The molecule has 0 saturated carbocycles. The van der Waals surface area contributed by atoms with Crippen molar-refractivity contribution in [3.63, 3.8) is 0 Å². The minimum Gasteiger partial charge on any atom is -0.493 e. The minimum absolute atomic E-state index is 0.103. The molecule has 1 amide bonds. The highest BCUT2D eigenvalue weighted by Crippen LogP contribution is 2.28. The Morgan fingerprint density at radius 3 is 2.69 bits per heavy atom. The van der Waals surface area contributed by atoms with Crippen LogP contribution in [0.2, 0.25) is 5.02 Å². The van der Waals surface area contributed by atoms with Crippen LogP contribution >= 0.6 is 11.6 Å². The summed E-state index contributed by atoms with van der Waals surface area (Å²) in [7, 11) is 1.47. The van der Waals surface area contributed by atoms with E-state index in [1.165, 1.54) is 19.3 Å². The lowest BCUT2D eigenvalue weighted by Crippen LogP contribution is -2.20. The van der Waals surface area contributed by atoms with Gasteiger partial charge in [-0.2, -0.15) is 5.26 Å². The van der Waals surface area contributed by atoms with E-state index in [4.69, 9.17) is 31.1 Å². The van der Waals surface area contributed by atoms with Crippen LogP contribution in [-0.2, 0) is 14.3 Å². The second-order valence-corrected chi connectivity index (χ2v) is 6.24. The van der Waals surface area contributed by atoms with Crippen molar-refractivity contribution in [3.05, 3.63) is 58.6 Å². The minimum atomic E-state index is -0.682. The first-order chi connectivity index (χ1) is 13.9. The lowest BCUT2D eigenvalue weighted by molar-refractivity contribution is -0.142. The number of aryl methyl sites for hydroxylation is 1. The number of amides is 1. The van der Waals surface area contributed by atoms with Gasteiger partial charge in [-0.3, -0.25) is 4.79 Å². The number of carbonyl (C=O) groups excluding carboxylic acids is 2. The van der Waals surface area contributed by atoms with Crippen LogP contribution in [0.15, 0.2) is 42.5 Å². The topological polar surface area (TPSA) is 97.7 Å². The first kappa shape index (κ1) is 21.8. The summed E-state index contributed by atoms with van der Waals surface area (Å²) in [5.74, 6) is -0.345. The number of benzene rings is 2. The van der Waals surface area contributed by atoms with Gasteiger partial charge in [-0.1, -0.05) is 23.7 Å². The summed E-state index contributed by atoms with van der Waals surface area (Å²) in [5, 5.41) is 11.6. The van der Waals surface area contributed by atoms with Crippen LogP contribution in [0.3, 0.4) is 0 Å². The van der Waals surface area contributed by atoms with Crippen LogP contribution in [0.4, 0.5) is 5.69 Å². The Morgan fingerprint density at radius 1 is 1.21 bits per heavy atom. The molecule has 150 valence electrons. The molecule has 1 N–H and O–H groups in total. The van der Waals surface area contributed by atoms with Crippen molar-refractivity contribution in [1.82, 2.24) is 0 Å². The zero-order valence-corrected chi connectivity index (χ0v) is 16.7. The Kier molecular flexibility index (Phi) is 8.07. The molecule has 0 radical (unpaired) electrons. The number of nitrogens with zero attached hydrogens (tertiary/aromatic N) is 1. The van der Waals surface area contributed by atoms with E-state index in [0.29, 0.717) is 27.8 Å². The Hall–Kier alpha value is -3.50. The molecule has 0 fully saturated rings. The number of rotatable bonds is 8. The zero-order valence-electron chi connectivity index (χ0n) is 15.9. The number of ether oxygens (including phenoxy) is 3. The van der Waals surface area contributed by atoms with Crippen molar-refractivity contribution in [2.75, 3.05) is 25.6 Å². The second kappa shape index (κ2) is 10.7. The summed E-state index contributed by atoms with van der Waals surface area (Å²) in [6.07, 6.45) is 2.70. The molecule has 0 aliphatic carbocycles. The molecule has 0 aliphatic rings. The molecule has 8 heteroatoms. The number of carbonyl (C=O) groups is 2. The monoisotopic (exact) mass is 414 g/mol. The third-order valence-corrected chi connectivity index (χ3v) is 3.95. The third kappa shape index (κ3) is 6.87. The summed E-state index contributed by atoms with van der Waals surface area (Å²) in [5.41, 5.74) is 2.06. The first-order valence-corrected chi connectivity index (χ1v) is 8.89. The van der Waals surface area contributed by atoms with Gasteiger partial charge >= 0.3 is 5.97 Å². The number of hydrogen-bond donors (Lipinski definition) is 1. The van der Waals surface area contributed by atoms with Gasteiger partial charge in [-0.15, -0.1) is 0 Å². The van der Waals surface area contributed by atoms with E-state index < -0.39 is 18.5 Å². The number of halogens is 1. The maximum Gasteiger partial charge on any atom is 0.331 e. The largest absolute Gasteiger partial charge is 0.493 e.